The quantitative estimate of drug-likeness (QED) is 0.523. The van der Waals surface area contributed by atoms with E-state index < -0.39 is 31.7 Å². The van der Waals surface area contributed by atoms with Crippen LogP contribution in [0.5, 0.6) is 5.75 Å². The van der Waals surface area contributed by atoms with E-state index >= 15 is 0 Å². The van der Waals surface area contributed by atoms with Gasteiger partial charge in [-0.1, -0.05) is 18.2 Å². The Hall–Kier alpha value is -2.43. The summed E-state index contributed by atoms with van der Waals surface area (Å²) in [4.78, 5) is 0. The molecule has 0 bridgehead atoms. The smallest absolute Gasteiger partial charge is 0.313 e. The number of nitrogens with zero attached hydrogens (tertiary/aromatic N) is 1. The zero-order chi connectivity index (χ0) is 20.4. The van der Waals surface area contributed by atoms with E-state index in [0.717, 1.165) is 21.7 Å². The van der Waals surface area contributed by atoms with Crippen molar-refractivity contribution in [2.24, 2.45) is 0 Å². The predicted molar refractivity (Wildman–Crippen MR) is 106 cm³/mol. The van der Waals surface area contributed by atoms with Gasteiger partial charge in [0.05, 0.1) is 5.69 Å². The van der Waals surface area contributed by atoms with Gasteiger partial charge >= 0.3 is 10.1 Å². The zero-order valence-electron chi connectivity index (χ0n) is 14.6. The highest BCUT2D eigenvalue weighted by molar-refractivity contribution is 7.94. The first-order chi connectivity index (χ1) is 13.2. The van der Waals surface area contributed by atoms with Crippen LogP contribution >= 0.6 is 11.3 Å². The molecule has 6 nitrogen and oxygen atoms in total. The van der Waals surface area contributed by atoms with Crippen LogP contribution in [0.3, 0.4) is 0 Å². The third-order valence-electron chi connectivity index (χ3n) is 3.77. The average molecular weight is 442 g/mol. The molecule has 0 saturated heterocycles. The summed E-state index contributed by atoms with van der Waals surface area (Å²) < 4.78 is 68.9. The van der Waals surface area contributed by atoms with Crippen LogP contribution in [0, 0.1) is 5.82 Å². The Labute approximate surface area is 167 Å². The van der Waals surface area contributed by atoms with Crippen LogP contribution in [-0.2, 0) is 25.9 Å². The molecule has 0 aliphatic rings. The molecule has 2 aromatic carbocycles. The number of sulfonamides is 1. The van der Waals surface area contributed by atoms with Gasteiger partial charge in [0, 0.05) is 7.05 Å². The first-order valence-electron chi connectivity index (χ1n) is 7.96. The lowest BCUT2D eigenvalue weighted by Crippen LogP contribution is -2.25. The van der Waals surface area contributed by atoms with E-state index in [0.29, 0.717) is 5.69 Å². The molecule has 0 N–H and O–H groups in total. The van der Waals surface area contributed by atoms with Crippen LogP contribution < -0.4 is 8.49 Å². The predicted octanol–water partition coefficient (Wildman–Crippen LogP) is 3.62. The highest BCUT2D eigenvalue weighted by atomic mass is 32.2. The van der Waals surface area contributed by atoms with Crippen LogP contribution in [0.15, 0.2) is 70.3 Å². The first-order valence-corrected chi connectivity index (χ1v) is 11.9. The van der Waals surface area contributed by atoms with E-state index in [4.69, 9.17) is 4.18 Å². The van der Waals surface area contributed by atoms with Gasteiger partial charge in [-0.25, -0.2) is 12.8 Å². The van der Waals surface area contributed by atoms with Crippen molar-refractivity contribution in [2.75, 3.05) is 11.4 Å². The van der Waals surface area contributed by atoms with E-state index in [-0.39, 0.29) is 15.5 Å². The van der Waals surface area contributed by atoms with Crippen molar-refractivity contribution < 1.29 is 25.4 Å². The number of thiophene rings is 1. The normalized spacial score (nSPS) is 11.9. The van der Waals surface area contributed by atoms with Crippen LogP contribution in [0.1, 0.15) is 5.56 Å². The van der Waals surface area contributed by atoms with E-state index in [1.165, 1.54) is 55.6 Å². The monoisotopic (exact) mass is 441 g/mol. The number of rotatable bonds is 7. The Morgan fingerprint density at radius 1 is 1.00 bits per heavy atom. The van der Waals surface area contributed by atoms with Crippen LogP contribution in [-0.4, -0.2) is 23.9 Å². The lowest BCUT2D eigenvalue weighted by atomic mass is 10.2. The molecule has 0 unspecified atom stereocenters. The average Bonchev–Trinajstić information content (AvgIpc) is 3.16. The van der Waals surface area contributed by atoms with Gasteiger partial charge in [0.15, 0.2) is 0 Å². The van der Waals surface area contributed by atoms with Crippen molar-refractivity contribution in [1.82, 2.24) is 0 Å². The highest BCUT2D eigenvalue weighted by Gasteiger charge is 2.22. The fourth-order valence-corrected chi connectivity index (χ4v) is 5.81. The van der Waals surface area contributed by atoms with Gasteiger partial charge in [-0.05, 0) is 53.4 Å². The second-order valence-corrected chi connectivity index (χ2v) is 10.5. The van der Waals surface area contributed by atoms with E-state index in [1.54, 1.807) is 11.4 Å². The lowest BCUT2D eigenvalue weighted by Gasteiger charge is -2.18. The van der Waals surface area contributed by atoms with E-state index in [2.05, 4.69) is 0 Å². The van der Waals surface area contributed by atoms with Gasteiger partial charge in [-0.3, -0.25) is 4.31 Å². The van der Waals surface area contributed by atoms with Gasteiger partial charge in [-0.2, -0.15) is 8.42 Å². The maximum absolute atomic E-state index is 13.2. The number of benzene rings is 2. The molecule has 0 aliphatic heterocycles. The molecule has 1 heterocycles. The number of halogens is 1. The maximum atomic E-state index is 13.2. The molecule has 3 rings (SSSR count). The molecule has 28 heavy (non-hydrogen) atoms. The fourth-order valence-electron chi connectivity index (χ4n) is 2.40. The Kier molecular flexibility index (Phi) is 5.73. The standard InChI is InChI=1S/C18H16FNO5S3/c1-20(28(23,24)18-6-3-11-26-18)16-7-9-17(10-8-16)25-27(21,22)13-14-4-2-5-15(19)12-14/h2-12H,13H2,1H3. The maximum Gasteiger partial charge on any atom is 0.313 e. The molecule has 0 saturated carbocycles. The molecule has 10 heteroatoms. The van der Waals surface area contributed by atoms with Gasteiger partial charge in [0.25, 0.3) is 10.0 Å². The largest absolute Gasteiger partial charge is 0.382 e. The molecule has 148 valence electrons. The Morgan fingerprint density at radius 2 is 1.71 bits per heavy atom. The minimum atomic E-state index is -4.00. The van der Waals surface area contributed by atoms with Gasteiger partial charge in [0.2, 0.25) is 0 Å². The summed E-state index contributed by atoms with van der Waals surface area (Å²) >= 11 is 1.11. The van der Waals surface area contributed by atoms with Crippen molar-refractivity contribution in [3.05, 3.63) is 77.4 Å². The summed E-state index contributed by atoms with van der Waals surface area (Å²) in [6, 6.07) is 14.0. The first kappa shape index (κ1) is 20.3. The molecule has 0 aliphatic carbocycles. The minimum Gasteiger partial charge on any atom is -0.382 e. The molecule has 0 atom stereocenters. The summed E-state index contributed by atoms with van der Waals surface area (Å²) in [5.74, 6) is -0.992. The molecular formula is C18H16FNO5S3. The summed E-state index contributed by atoms with van der Waals surface area (Å²) in [6.07, 6.45) is 0. The SMILES string of the molecule is CN(c1ccc(OS(=O)(=O)Cc2cccc(F)c2)cc1)S(=O)(=O)c1cccs1. The third-order valence-corrected chi connectivity index (χ3v) is 8.06. The second-order valence-electron chi connectivity index (χ2n) is 5.81. The number of hydrogen-bond acceptors (Lipinski definition) is 6. The molecule has 0 amide bonds. The van der Waals surface area contributed by atoms with Crippen LogP contribution in [0.4, 0.5) is 10.1 Å². The second kappa shape index (κ2) is 7.90. The van der Waals surface area contributed by atoms with Crippen LogP contribution in [0.2, 0.25) is 0 Å². The topological polar surface area (TPSA) is 80.8 Å². The highest BCUT2D eigenvalue weighted by Crippen LogP contribution is 2.27. The zero-order valence-corrected chi connectivity index (χ0v) is 17.1. The van der Waals surface area contributed by atoms with Crippen LogP contribution in [0.25, 0.3) is 0 Å². The summed E-state index contributed by atoms with van der Waals surface area (Å²) in [5, 5.41) is 1.67. The van der Waals surface area contributed by atoms with Crippen molar-refractivity contribution in [3.8, 4) is 5.75 Å². The molecular weight excluding hydrogens is 425 g/mol. The molecule has 0 radical (unpaired) electrons. The van der Waals surface area contributed by atoms with E-state index in [9.17, 15) is 21.2 Å². The Balaban J connectivity index is 1.74. The Bertz CT molecular complexity index is 1160. The molecule has 0 fully saturated rings. The van der Waals surface area contributed by atoms with Crippen molar-refractivity contribution >= 4 is 37.2 Å². The minimum absolute atomic E-state index is 0.0297. The van der Waals surface area contributed by atoms with Crippen molar-refractivity contribution in [2.45, 2.75) is 9.96 Å². The lowest BCUT2D eigenvalue weighted by molar-refractivity contribution is 0.485. The molecule has 0 spiro atoms. The number of hydrogen-bond donors (Lipinski definition) is 0. The van der Waals surface area contributed by atoms with Crippen molar-refractivity contribution in [3.63, 3.8) is 0 Å². The van der Waals surface area contributed by atoms with Gasteiger partial charge in [-0.15, -0.1) is 11.3 Å². The summed E-state index contributed by atoms with van der Waals surface area (Å²) in [5.41, 5.74) is 0.613. The number of anilines is 1. The molecule has 3 aromatic rings. The molecule has 1 aromatic heterocycles. The summed E-state index contributed by atoms with van der Waals surface area (Å²) in [7, 11) is -6.27. The summed E-state index contributed by atoms with van der Waals surface area (Å²) in [6.45, 7) is 0. The van der Waals surface area contributed by atoms with Crippen molar-refractivity contribution in [1.29, 1.82) is 0 Å². The van der Waals surface area contributed by atoms with E-state index in [1.807, 2.05) is 0 Å². The fraction of sp³-hybridized carbons (Fsp3) is 0.111. The van der Waals surface area contributed by atoms with Gasteiger partial charge < -0.3 is 4.18 Å². The Morgan fingerprint density at radius 3 is 2.32 bits per heavy atom. The third kappa shape index (κ3) is 4.70. The van der Waals surface area contributed by atoms with Gasteiger partial charge in [0.1, 0.15) is 21.5 Å².